The first kappa shape index (κ1) is 18.3. The van der Waals surface area contributed by atoms with Crippen molar-refractivity contribution < 1.29 is 0 Å². The van der Waals surface area contributed by atoms with Gasteiger partial charge in [-0.2, -0.15) is 0 Å². The maximum Gasteiger partial charge on any atom is 0.0426 e. The van der Waals surface area contributed by atoms with Gasteiger partial charge in [0.05, 0.1) is 0 Å². The van der Waals surface area contributed by atoms with Gasteiger partial charge in [0.15, 0.2) is 0 Å². The Hall–Kier alpha value is -1.51. The highest BCUT2D eigenvalue weighted by atomic mass is 35.5. The van der Waals surface area contributed by atoms with Crippen LogP contribution in [0.3, 0.4) is 0 Å². The van der Waals surface area contributed by atoms with Crippen LogP contribution in [0.4, 0.5) is 11.4 Å². The Labute approximate surface area is 157 Å². The molecule has 0 aliphatic carbocycles. The van der Waals surface area contributed by atoms with Crippen molar-refractivity contribution >= 4 is 23.0 Å². The summed E-state index contributed by atoms with van der Waals surface area (Å²) >= 11 is 6.25. The van der Waals surface area contributed by atoms with Gasteiger partial charge in [-0.25, -0.2) is 0 Å². The zero-order valence-electron chi connectivity index (χ0n) is 15.6. The number of hydrogen-bond donors (Lipinski definition) is 0. The summed E-state index contributed by atoms with van der Waals surface area (Å²) in [7, 11) is 0. The lowest BCUT2D eigenvalue weighted by atomic mass is 9.87. The molecule has 2 aromatic carbocycles. The van der Waals surface area contributed by atoms with Crippen molar-refractivity contribution in [3.05, 3.63) is 59.1 Å². The number of benzene rings is 2. The van der Waals surface area contributed by atoms with Gasteiger partial charge in [-0.3, -0.25) is 0 Å². The highest BCUT2D eigenvalue weighted by Crippen LogP contribution is 2.30. The summed E-state index contributed by atoms with van der Waals surface area (Å²) < 4.78 is 0. The molecule has 0 bridgehead atoms. The zero-order valence-corrected chi connectivity index (χ0v) is 16.4. The SMILES string of the molecule is CC(C)(C)c1ccc(N(CCN2CCCC2)c2cccc(Cl)c2)cc1. The molecule has 0 saturated carbocycles. The molecule has 1 aliphatic heterocycles. The zero-order chi connectivity index (χ0) is 17.9. The molecule has 0 amide bonds. The third-order valence-electron chi connectivity index (χ3n) is 5.00. The van der Waals surface area contributed by atoms with Crippen LogP contribution < -0.4 is 4.90 Å². The van der Waals surface area contributed by atoms with Crippen LogP contribution in [0.1, 0.15) is 39.2 Å². The summed E-state index contributed by atoms with van der Waals surface area (Å²) in [5.74, 6) is 0. The van der Waals surface area contributed by atoms with Crippen molar-refractivity contribution in [1.82, 2.24) is 4.90 Å². The molecule has 1 fully saturated rings. The Kier molecular flexibility index (Phi) is 5.71. The molecular weight excluding hydrogens is 328 g/mol. The summed E-state index contributed by atoms with van der Waals surface area (Å²) in [4.78, 5) is 4.94. The lowest BCUT2D eigenvalue weighted by Gasteiger charge is -2.28. The Balaban J connectivity index is 1.84. The predicted molar refractivity (Wildman–Crippen MR) is 109 cm³/mol. The maximum atomic E-state index is 6.25. The van der Waals surface area contributed by atoms with Crippen LogP contribution in [0, 0.1) is 0 Å². The van der Waals surface area contributed by atoms with Gasteiger partial charge in [0.1, 0.15) is 0 Å². The van der Waals surface area contributed by atoms with Gasteiger partial charge in [0.2, 0.25) is 0 Å². The molecular formula is C22H29ClN2. The van der Waals surface area contributed by atoms with E-state index in [1.165, 1.54) is 37.2 Å². The van der Waals surface area contributed by atoms with Crippen LogP contribution in [-0.4, -0.2) is 31.1 Å². The van der Waals surface area contributed by atoms with Crippen molar-refractivity contribution in [3.8, 4) is 0 Å². The first-order chi connectivity index (χ1) is 11.9. The van der Waals surface area contributed by atoms with Crippen LogP contribution in [0.15, 0.2) is 48.5 Å². The van der Waals surface area contributed by atoms with E-state index in [2.05, 4.69) is 67.0 Å². The van der Waals surface area contributed by atoms with E-state index < -0.39 is 0 Å². The third-order valence-corrected chi connectivity index (χ3v) is 5.24. The monoisotopic (exact) mass is 356 g/mol. The predicted octanol–water partition coefficient (Wildman–Crippen LogP) is 5.87. The minimum absolute atomic E-state index is 0.176. The summed E-state index contributed by atoms with van der Waals surface area (Å²) in [6, 6.07) is 17.2. The van der Waals surface area contributed by atoms with Crippen molar-refractivity contribution in [3.63, 3.8) is 0 Å². The molecule has 1 heterocycles. The van der Waals surface area contributed by atoms with Crippen molar-refractivity contribution in [2.24, 2.45) is 0 Å². The third kappa shape index (κ3) is 4.77. The van der Waals surface area contributed by atoms with E-state index in [0.717, 1.165) is 23.8 Å². The van der Waals surface area contributed by atoms with E-state index >= 15 is 0 Å². The average Bonchev–Trinajstić information content (AvgIpc) is 3.08. The van der Waals surface area contributed by atoms with E-state index in [1.54, 1.807) is 0 Å². The summed E-state index contributed by atoms with van der Waals surface area (Å²) in [6.45, 7) is 11.3. The number of anilines is 2. The maximum absolute atomic E-state index is 6.25. The topological polar surface area (TPSA) is 6.48 Å². The van der Waals surface area contributed by atoms with Crippen molar-refractivity contribution in [1.29, 1.82) is 0 Å². The molecule has 3 rings (SSSR count). The molecule has 0 spiro atoms. The van der Waals surface area contributed by atoms with Crippen LogP contribution >= 0.6 is 11.6 Å². The first-order valence-corrected chi connectivity index (χ1v) is 9.67. The Morgan fingerprint density at radius 3 is 2.24 bits per heavy atom. The normalized spacial score (nSPS) is 15.5. The molecule has 0 aromatic heterocycles. The Morgan fingerprint density at radius 1 is 0.960 bits per heavy atom. The minimum Gasteiger partial charge on any atom is -0.340 e. The smallest absolute Gasteiger partial charge is 0.0426 e. The number of hydrogen-bond acceptors (Lipinski definition) is 2. The fraction of sp³-hybridized carbons (Fsp3) is 0.455. The lowest BCUT2D eigenvalue weighted by Crippen LogP contribution is -2.31. The molecule has 0 radical (unpaired) electrons. The second-order valence-corrected chi connectivity index (χ2v) is 8.41. The van der Waals surface area contributed by atoms with Crippen molar-refractivity contribution in [2.75, 3.05) is 31.1 Å². The molecule has 0 atom stereocenters. The van der Waals surface area contributed by atoms with Crippen molar-refractivity contribution in [2.45, 2.75) is 39.0 Å². The van der Waals surface area contributed by atoms with E-state index in [9.17, 15) is 0 Å². The van der Waals surface area contributed by atoms with E-state index in [4.69, 9.17) is 11.6 Å². The summed E-state index contributed by atoms with van der Waals surface area (Å²) in [5.41, 5.74) is 3.93. The summed E-state index contributed by atoms with van der Waals surface area (Å²) in [5, 5.41) is 0.787. The molecule has 0 N–H and O–H groups in total. The largest absolute Gasteiger partial charge is 0.340 e. The molecule has 134 valence electrons. The summed E-state index contributed by atoms with van der Waals surface area (Å²) in [6.07, 6.45) is 2.66. The minimum atomic E-state index is 0.176. The van der Waals surface area contributed by atoms with E-state index in [-0.39, 0.29) is 5.41 Å². The number of halogens is 1. The van der Waals surface area contributed by atoms with Gasteiger partial charge in [-0.15, -0.1) is 0 Å². The molecule has 2 aromatic rings. The van der Waals surface area contributed by atoms with Crippen LogP contribution in [-0.2, 0) is 5.41 Å². The van der Waals surface area contributed by atoms with Gasteiger partial charge in [-0.05, 0) is 67.2 Å². The molecule has 3 heteroatoms. The molecule has 0 unspecified atom stereocenters. The molecule has 1 aliphatic rings. The fourth-order valence-corrected chi connectivity index (χ4v) is 3.62. The lowest BCUT2D eigenvalue weighted by molar-refractivity contribution is 0.348. The molecule has 25 heavy (non-hydrogen) atoms. The van der Waals surface area contributed by atoms with E-state index in [0.29, 0.717) is 0 Å². The Morgan fingerprint density at radius 2 is 1.64 bits per heavy atom. The van der Waals surface area contributed by atoms with Gasteiger partial charge in [-0.1, -0.05) is 50.6 Å². The van der Waals surface area contributed by atoms with Crippen LogP contribution in [0.25, 0.3) is 0 Å². The number of likely N-dealkylation sites (tertiary alicyclic amines) is 1. The average molecular weight is 357 g/mol. The quantitative estimate of drug-likeness (QED) is 0.660. The van der Waals surface area contributed by atoms with Crippen LogP contribution in [0.2, 0.25) is 5.02 Å². The second-order valence-electron chi connectivity index (χ2n) is 7.98. The Bertz CT molecular complexity index is 682. The van der Waals surface area contributed by atoms with Crippen LogP contribution in [0.5, 0.6) is 0 Å². The van der Waals surface area contributed by atoms with Gasteiger partial charge >= 0.3 is 0 Å². The molecule has 2 nitrogen and oxygen atoms in total. The number of nitrogens with zero attached hydrogens (tertiary/aromatic N) is 2. The van der Waals surface area contributed by atoms with Gasteiger partial charge in [0.25, 0.3) is 0 Å². The highest BCUT2D eigenvalue weighted by Gasteiger charge is 2.17. The standard InChI is InChI=1S/C22H29ClN2/c1-22(2,3)18-9-11-20(12-10-18)25(16-15-24-13-4-5-14-24)21-8-6-7-19(23)17-21/h6-12,17H,4-5,13-16H2,1-3H3. The highest BCUT2D eigenvalue weighted by molar-refractivity contribution is 6.30. The van der Waals surface area contributed by atoms with Gasteiger partial charge in [0, 0.05) is 29.5 Å². The molecule has 1 saturated heterocycles. The van der Waals surface area contributed by atoms with E-state index in [1.807, 2.05) is 12.1 Å². The first-order valence-electron chi connectivity index (χ1n) is 9.29. The number of rotatable bonds is 5. The second kappa shape index (κ2) is 7.80. The fourth-order valence-electron chi connectivity index (χ4n) is 3.44. The van der Waals surface area contributed by atoms with Gasteiger partial charge < -0.3 is 9.80 Å².